The van der Waals surface area contributed by atoms with Crippen LogP contribution in [-0.4, -0.2) is 39.8 Å². The molecule has 1 aromatic carbocycles. The van der Waals surface area contributed by atoms with Gasteiger partial charge in [0.1, 0.15) is 11.4 Å². The highest BCUT2D eigenvalue weighted by Gasteiger charge is 2.42. The molecule has 7 heteroatoms. The summed E-state index contributed by atoms with van der Waals surface area (Å²) in [6.07, 6.45) is 4.11. The van der Waals surface area contributed by atoms with Gasteiger partial charge in [0.25, 0.3) is 0 Å². The van der Waals surface area contributed by atoms with Gasteiger partial charge in [0.15, 0.2) is 11.6 Å². The third-order valence-electron chi connectivity index (χ3n) is 6.65. The molecule has 5 rings (SSSR count). The molecule has 0 saturated heterocycles. The average molecular weight is 418 g/mol. The molecular formula is C24H27N5O2. The summed E-state index contributed by atoms with van der Waals surface area (Å²) in [4.78, 5) is 23.8. The standard InChI is InChI=1S/C24H27N5O2/c1-14(15-6-7-15)29-22(26-21(27-29)19-10-9-17(31-5)13-25-19)16-8-11-20-18(12-16)24(2,3)23(30)28(20)4/h8-15H,6-7H2,1-5H3. The normalized spacial score (nSPS) is 18.2. The van der Waals surface area contributed by atoms with Crippen LogP contribution in [0.4, 0.5) is 5.69 Å². The summed E-state index contributed by atoms with van der Waals surface area (Å²) in [5.74, 6) is 2.83. The first-order valence-corrected chi connectivity index (χ1v) is 10.7. The third kappa shape index (κ3) is 3.10. The van der Waals surface area contributed by atoms with E-state index in [4.69, 9.17) is 14.8 Å². The Labute approximate surface area is 182 Å². The topological polar surface area (TPSA) is 73.1 Å². The number of carbonyl (C=O) groups excluding carboxylic acids is 1. The minimum Gasteiger partial charge on any atom is -0.495 e. The van der Waals surface area contributed by atoms with E-state index in [0.717, 1.165) is 22.6 Å². The Hall–Kier alpha value is -3.22. The Morgan fingerprint density at radius 1 is 1.19 bits per heavy atom. The minimum atomic E-state index is -0.562. The molecule has 1 saturated carbocycles. The van der Waals surface area contributed by atoms with E-state index in [1.165, 1.54) is 12.8 Å². The summed E-state index contributed by atoms with van der Waals surface area (Å²) in [6, 6.07) is 10.1. The second-order valence-corrected chi connectivity index (χ2v) is 9.09. The van der Waals surface area contributed by atoms with Crippen molar-refractivity contribution in [3.05, 3.63) is 42.1 Å². The fraction of sp³-hybridized carbons (Fsp3) is 0.417. The Morgan fingerprint density at radius 3 is 2.61 bits per heavy atom. The van der Waals surface area contributed by atoms with Crippen LogP contribution < -0.4 is 9.64 Å². The predicted octanol–water partition coefficient (Wildman–Crippen LogP) is 4.24. The van der Waals surface area contributed by atoms with Gasteiger partial charge in [-0.1, -0.05) is 0 Å². The number of carbonyl (C=O) groups is 1. The van der Waals surface area contributed by atoms with Crippen molar-refractivity contribution in [2.75, 3.05) is 19.1 Å². The van der Waals surface area contributed by atoms with E-state index in [1.54, 1.807) is 18.2 Å². The van der Waals surface area contributed by atoms with Crippen LogP contribution >= 0.6 is 0 Å². The van der Waals surface area contributed by atoms with Crippen molar-refractivity contribution in [3.63, 3.8) is 0 Å². The van der Waals surface area contributed by atoms with Gasteiger partial charge in [-0.15, -0.1) is 5.10 Å². The molecule has 160 valence electrons. The molecule has 7 nitrogen and oxygen atoms in total. The number of pyridine rings is 1. The van der Waals surface area contributed by atoms with Crippen LogP contribution in [0.25, 0.3) is 22.9 Å². The quantitative estimate of drug-likeness (QED) is 0.621. The van der Waals surface area contributed by atoms with E-state index in [2.05, 4.69) is 18.0 Å². The number of amides is 1. The van der Waals surface area contributed by atoms with Crippen molar-refractivity contribution < 1.29 is 9.53 Å². The molecular weight excluding hydrogens is 390 g/mol. The van der Waals surface area contributed by atoms with Gasteiger partial charge in [-0.25, -0.2) is 14.6 Å². The Bertz CT molecular complexity index is 1160. The van der Waals surface area contributed by atoms with E-state index >= 15 is 0 Å². The van der Waals surface area contributed by atoms with Gasteiger partial charge in [0.2, 0.25) is 5.91 Å². The maximum absolute atomic E-state index is 12.7. The van der Waals surface area contributed by atoms with Gasteiger partial charge < -0.3 is 9.64 Å². The van der Waals surface area contributed by atoms with Crippen molar-refractivity contribution in [2.45, 2.75) is 45.1 Å². The molecule has 1 amide bonds. The number of benzene rings is 1. The number of rotatable bonds is 5. The van der Waals surface area contributed by atoms with Crippen molar-refractivity contribution >= 4 is 11.6 Å². The molecule has 0 N–H and O–H groups in total. The molecule has 3 heterocycles. The predicted molar refractivity (Wildman–Crippen MR) is 119 cm³/mol. The maximum Gasteiger partial charge on any atom is 0.236 e. The lowest BCUT2D eigenvalue weighted by atomic mass is 9.85. The fourth-order valence-electron chi connectivity index (χ4n) is 4.44. The van der Waals surface area contributed by atoms with E-state index in [-0.39, 0.29) is 11.9 Å². The van der Waals surface area contributed by atoms with Gasteiger partial charge in [-0.3, -0.25) is 4.79 Å². The number of nitrogens with zero attached hydrogens (tertiary/aromatic N) is 5. The van der Waals surface area contributed by atoms with Crippen LogP contribution in [0.15, 0.2) is 36.5 Å². The number of anilines is 1. The smallest absolute Gasteiger partial charge is 0.236 e. The number of hydrogen-bond acceptors (Lipinski definition) is 5. The van der Waals surface area contributed by atoms with E-state index in [0.29, 0.717) is 23.2 Å². The summed E-state index contributed by atoms with van der Waals surface area (Å²) >= 11 is 0. The minimum absolute atomic E-state index is 0.107. The zero-order valence-corrected chi connectivity index (χ0v) is 18.6. The second-order valence-electron chi connectivity index (χ2n) is 9.09. The Morgan fingerprint density at radius 2 is 1.97 bits per heavy atom. The lowest BCUT2D eigenvalue weighted by Crippen LogP contribution is -2.33. The molecule has 31 heavy (non-hydrogen) atoms. The molecule has 1 aliphatic carbocycles. The summed E-state index contributed by atoms with van der Waals surface area (Å²) < 4.78 is 7.26. The highest BCUT2D eigenvalue weighted by atomic mass is 16.5. The van der Waals surface area contributed by atoms with Gasteiger partial charge in [0.05, 0.1) is 24.8 Å². The van der Waals surface area contributed by atoms with E-state index in [1.807, 2.05) is 49.8 Å². The molecule has 2 aromatic heterocycles. The third-order valence-corrected chi connectivity index (χ3v) is 6.65. The lowest BCUT2D eigenvalue weighted by molar-refractivity contribution is -0.121. The Balaban J connectivity index is 1.62. The average Bonchev–Trinajstić information content (AvgIpc) is 3.52. The molecule has 2 aliphatic rings. The maximum atomic E-state index is 12.7. The molecule has 0 bridgehead atoms. The number of ether oxygens (including phenoxy) is 1. The van der Waals surface area contributed by atoms with Crippen molar-refractivity contribution in [1.29, 1.82) is 0 Å². The van der Waals surface area contributed by atoms with Crippen molar-refractivity contribution in [3.8, 4) is 28.7 Å². The van der Waals surface area contributed by atoms with E-state index in [9.17, 15) is 4.79 Å². The van der Waals surface area contributed by atoms with Crippen LogP contribution in [0.5, 0.6) is 5.75 Å². The summed E-state index contributed by atoms with van der Waals surface area (Å²) in [5, 5.41) is 4.86. The summed E-state index contributed by atoms with van der Waals surface area (Å²) in [7, 11) is 3.46. The molecule has 0 spiro atoms. The zero-order valence-electron chi connectivity index (χ0n) is 18.6. The largest absolute Gasteiger partial charge is 0.495 e. The van der Waals surface area contributed by atoms with E-state index < -0.39 is 5.41 Å². The second kappa shape index (κ2) is 6.90. The highest BCUT2D eigenvalue weighted by molar-refractivity contribution is 6.07. The number of methoxy groups -OCH3 is 1. The molecule has 1 aliphatic heterocycles. The van der Waals surface area contributed by atoms with Gasteiger partial charge >= 0.3 is 0 Å². The first-order chi connectivity index (χ1) is 14.8. The monoisotopic (exact) mass is 417 g/mol. The SMILES string of the molecule is COc1ccc(-c2nc(-c3ccc4c(c3)C(C)(C)C(=O)N4C)n(C(C)C3CC3)n2)nc1. The van der Waals surface area contributed by atoms with Crippen LogP contribution in [0.1, 0.15) is 45.2 Å². The number of fused-ring (bicyclic) bond motifs is 1. The molecule has 1 fully saturated rings. The lowest BCUT2D eigenvalue weighted by Gasteiger charge is -2.17. The summed E-state index contributed by atoms with van der Waals surface area (Å²) in [5.41, 5.74) is 3.09. The fourth-order valence-corrected chi connectivity index (χ4v) is 4.44. The molecule has 3 aromatic rings. The van der Waals surface area contributed by atoms with Crippen LogP contribution in [0.2, 0.25) is 0 Å². The number of likely N-dealkylation sites (N-methyl/N-ethyl adjacent to an activating group) is 1. The van der Waals surface area contributed by atoms with Crippen molar-refractivity contribution in [1.82, 2.24) is 19.7 Å². The van der Waals surface area contributed by atoms with Gasteiger partial charge in [0, 0.05) is 18.3 Å². The molecule has 1 atom stereocenters. The number of hydrogen-bond donors (Lipinski definition) is 0. The first-order valence-electron chi connectivity index (χ1n) is 10.7. The molecule has 0 radical (unpaired) electrons. The molecule has 1 unspecified atom stereocenters. The zero-order chi connectivity index (χ0) is 21.9. The van der Waals surface area contributed by atoms with Gasteiger partial charge in [-0.05, 0) is 75.4 Å². The van der Waals surface area contributed by atoms with Gasteiger partial charge in [-0.2, -0.15) is 0 Å². The van der Waals surface area contributed by atoms with Crippen molar-refractivity contribution in [2.24, 2.45) is 5.92 Å². The van der Waals surface area contributed by atoms with Crippen LogP contribution in [0.3, 0.4) is 0 Å². The van der Waals surface area contributed by atoms with Crippen LogP contribution in [-0.2, 0) is 10.2 Å². The first kappa shape index (κ1) is 19.7. The highest BCUT2D eigenvalue weighted by Crippen LogP contribution is 2.44. The van der Waals surface area contributed by atoms with Crippen LogP contribution in [0, 0.1) is 5.92 Å². The summed E-state index contributed by atoms with van der Waals surface area (Å²) in [6.45, 7) is 6.16. The number of aromatic nitrogens is 4. The Kier molecular flexibility index (Phi) is 4.39.